The maximum atomic E-state index is 12.1. The second kappa shape index (κ2) is 5.56. The van der Waals surface area contributed by atoms with Crippen LogP contribution < -0.4 is 5.56 Å². The summed E-state index contributed by atoms with van der Waals surface area (Å²) < 4.78 is 2.46. The Labute approximate surface area is 134 Å². The maximum Gasteiger partial charge on any atom is 0.264 e. The van der Waals surface area contributed by atoms with E-state index >= 15 is 0 Å². The number of benzene rings is 1. The smallest absolute Gasteiger partial charge is 0.264 e. The third-order valence-corrected chi connectivity index (χ3v) is 4.93. The molecule has 3 aromatic rings. The van der Waals surface area contributed by atoms with Crippen molar-refractivity contribution in [2.75, 3.05) is 0 Å². The highest BCUT2D eigenvalue weighted by Gasteiger charge is 2.11. The van der Waals surface area contributed by atoms with Gasteiger partial charge in [0, 0.05) is 17.7 Å². The highest BCUT2D eigenvalue weighted by Crippen LogP contribution is 2.28. The number of pyridine rings is 1. The van der Waals surface area contributed by atoms with Crippen molar-refractivity contribution in [3.05, 3.63) is 52.8 Å². The summed E-state index contributed by atoms with van der Waals surface area (Å²) in [6.07, 6.45) is 0. The Balaban J connectivity index is 2.20. The van der Waals surface area contributed by atoms with E-state index in [4.69, 9.17) is 0 Å². The van der Waals surface area contributed by atoms with Crippen molar-refractivity contribution in [3.8, 4) is 22.2 Å². The fourth-order valence-corrected chi connectivity index (χ4v) is 3.36. The first kappa shape index (κ1) is 14.8. The molecule has 2 heterocycles. The van der Waals surface area contributed by atoms with Gasteiger partial charge in [0.05, 0.1) is 4.70 Å². The summed E-state index contributed by atoms with van der Waals surface area (Å²) in [5, 5.41) is 0.907. The van der Waals surface area contributed by atoms with E-state index in [0.29, 0.717) is 5.65 Å². The highest BCUT2D eigenvalue weighted by atomic mass is 32.1. The first-order valence-corrected chi connectivity index (χ1v) is 11.4. The van der Waals surface area contributed by atoms with Gasteiger partial charge in [0.1, 0.15) is 13.1 Å². The molecule has 0 saturated heterocycles. The van der Waals surface area contributed by atoms with E-state index in [-0.39, 0.29) is 5.56 Å². The average molecular weight is 324 g/mol. The van der Waals surface area contributed by atoms with Crippen LogP contribution in [0.5, 0.6) is 0 Å². The van der Waals surface area contributed by atoms with Gasteiger partial charge in [0.2, 0.25) is 0 Å². The number of nitrogens with zero attached hydrogens (tertiary/aromatic N) is 2. The predicted octanol–water partition coefficient (Wildman–Crippen LogP) is 3.81. The average Bonchev–Trinajstić information content (AvgIpc) is 2.90. The zero-order valence-corrected chi connectivity index (χ0v) is 14.6. The van der Waals surface area contributed by atoms with Gasteiger partial charge < -0.3 is 0 Å². The molecule has 1 aromatic carbocycles. The lowest BCUT2D eigenvalue weighted by molar-refractivity contribution is 1.07. The largest absolute Gasteiger partial charge is 0.268 e. The lowest BCUT2D eigenvalue weighted by atomic mass is 10.2. The van der Waals surface area contributed by atoms with Crippen molar-refractivity contribution in [1.82, 2.24) is 9.55 Å². The summed E-state index contributed by atoms with van der Waals surface area (Å²) in [6, 6.07) is 16.4. The van der Waals surface area contributed by atoms with E-state index in [1.165, 1.54) is 4.57 Å². The van der Waals surface area contributed by atoms with Crippen molar-refractivity contribution in [3.63, 3.8) is 0 Å². The van der Waals surface area contributed by atoms with Gasteiger partial charge in [-0.05, 0) is 6.07 Å². The third-order valence-electron chi connectivity index (χ3n) is 3.01. The lowest BCUT2D eigenvalue weighted by Gasteiger charge is -2.03. The van der Waals surface area contributed by atoms with Crippen LogP contribution in [0.25, 0.3) is 20.9 Å². The molecule has 0 amide bonds. The molecule has 0 unspecified atom stereocenters. The molecule has 0 aliphatic heterocycles. The van der Waals surface area contributed by atoms with Gasteiger partial charge in [0.25, 0.3) is 5.56 Å². The molecule has 0 N–H and O–H groups in total. The third kappa shape index (κ3) is 3.03. The second-order valence-electron chi connectivity index (χ2n) is 6.07. The minimum Gasteiger partial charge on any atom is -0.268 e. The Morgan fingerprint density at radius 3 is 2.50 bits per heavy atom. The summed E-state index contributed by atoms with van der Waals surface area (Å²) in [7, 11) is -1.55. The number of hydrogen-bond acceptors (Lipinski definition) is 3. The molecule has 0 aliphatic carbocycles. The molecule has 3 nitrogen and oxygen atoms in total. The van der Waals surface area contributed by atoms with Crippen LogP contribution in [0.15, 0.2) is 47.3 Å². The standard InChI is InChI=1S/C17H16N2OSSi/c1-22(2,3)12-11-19-15(20)10-9-14-16(19)18-17(21-14)13-7-5-4-6-8-13/h4-10H,1-3H3. The van der Waals surface area contributed by atoms with Crippen LogP contribution in [0, 0.1) is 11.6 Å². The maximum absolute atomic E-state index is 12.1. The molecule has 0 aliphatic rings. The minimum atomic E-state index is -1.55. The molecule has 0 saturated carbocycles. The highest BCUT2D eigenvalue weighted by molar-refractivity contribution is 7.21. The Morgan fingerprint density at radius 2 is 1.82 bits per heavy atom. The second-order valence-corrected chi connectivity index (χ2v) is 11.8. The molecule has 5 heteroatoms. The van der Waals surface area contributed by atoms with E-state index in [2.05, 4.69) is 36.2 Å². The summed E-state index contributed by atoms with van der Waals surface area (Å²) in [5.74, 6) is 0. The van der Waals surface area contributed by atoms with Crippen molar-refractivity contribution < 1.29 is 0 Å². The summed E-state index contributed by atoms with van der Waals surface area (Å²) in [4.78, 5) is 16.8. The van der Waals surface area contributed by atoms with E-state index in [1.54, 1.807) is 17.4 Å². The molecule has 110 valence electrons. The molecule has 0 spiro atoms. The van der Waals surface area contributed by atoms with E-state index < -0.39 is 8.07 Å². The van der Waals surface area contributed by atoms with Crippen LogP contribution in [0.2, 0.25) is 19.6 Å². The molecular weight excluding hydrogens is 308 g/mol. The number of aromatic nitrogens is 2. The van der Waals surface area contributed by atoms with Crippen LogP contribution >= 0.6 is 11.3 Å². The van der Waals surface area contributed by atoms with Gasteiger partial charge in [-0.25, -0.2) is 9.55 Å². The topological polar surface area (TPSA) is 34.9 Å². The van der Waals surface area contributed by atoms with Crippen LogP contribution in [0.1, 0.15) is 0 Å². The van der Waals surface area contributed by atoms with Crippen molar-refractivity contribution >= 4 is 29.8 Å². The first-order valence-electron chi connectivity index (χ1n) is 7.05. The van der Waals surface area contributed by atoms with Gasteiger partial charge in [-0.2, -0.15) is 0 Å². The molecule has 0 bridgehead atoms. The number of rotatable bonds is 1. The van der Waals surface area contributed by atoms with Gasteiger partial charge in [-0.15, -0.1) is 16.9 Å². The minimum absolute atomic E-state index is 0.122. The van der Waals surface area contributed by atoms with Crippen LogP contribution in [-0.4, -0.2) is 17.6 Å². The molecule has 0 atom stereocenters. The molecule has 3 rings (SSSR count). The summed E-state index contributed by atoms with van der Waals surface area (Å²) in [6.45, 7) is 6.46. The molecule has 0 fully saturated rings. The predicted molar refractivity (Wildman–Crippen MR) is 95.8 cm³/mol. The van der Waals surface area contributed by atoms with Crippen molar-refractivity contribution in [1.29, 1.82) is 0 Å². The SMILES string of the molecule is C[Si](C)(C)C#Cn1c(=O)ccc2sc(-c3ccccc3)nc21. The Kier molecular flexibility index (Phi) is 3.73. The molecule has 0 radical (unpaired) electrons. The zero-order chi connectivity index (χ0) is 15.7. The van der Waals surface area contributed by atoms with E-state index in [1.807, 2.05) is 36.4 Å². The van der Waals surface area contributed by atoms with Gasteiger partial charge in [0.15, 0.2) is 5.65 Å². The number of thiazole rings is 1. The molecular formula is C17H16N2OSSi. The fourth-order valence-electron chi connectivity index (χ4n) is 1.95. The Bertz CT molecular complexity index is 940. The van der Waals surface area contributed by atoms with Crippen LogP contribution in [0.4, 0.5) is 0 Å². The summed E-state index contributed by atoms with van der Waals surface area (Å²) >= 11 is 1.58. The van der Waals surface area contributed by atoms with Gasteiger partial charge in [-0.3, -0.25) is 4.79 Å². The van der Waals surface area contributed by atoms with Gasteiger partial charge in [-0.1, -0.05) is 50.0 Å². The van der Waals surface area contributed by atoms with E-state index in [0.717, 1.165) is 15.3 Å². The quantitative estimate of drug-likeness (QED) is 0.504. The van der Waals surface area contributed by atoms with Gasteiger partial charge >= 0.3 is 0 Å². The fraction of sp³-hybridized carbons (Fsp3) is 0.176. The normalized spacial score (nSPS) is 11.2. The van der Waals surface area contributed by atoms with Crippen LogP contribution in [0.3, 0.4) is 0 Å². The summed E-state index contributed by atoms with van der Waals surface area (Å²) in [5.41, 5.74) is 4.83. The van der Waals surface area contributed by atoms with Crippen molar-refractivity contribution in [2.24, 2.45) is 0 Å². The van der Waals surface area contributed by atoms with Crippen molar-refractivity contribution in [2.45, 2.75) is 19.6 Å². The zero-order valence-electron chi connectivity index (χ0n) is 12.8. The van der Waals surface area contributed by atoms with Crippen LogP contribution in [-0.2, 0) is 0 Å². The Morgan fingerprint density at radius 1 is 1.09 bits per heavy atom. The molecule has 22 heavy (non-hydrogen) atoms. The lowest BCUT2D eigenvalue weighted by Crippen LogP contribution is -2.20. The number of fused-ring (bicyclic) bond motifs is 1. The van der Waals surface area contributed by atoms with E-state index in [9.17, 15) is 4.79 Å². The Hall–Kier alpha value is -2.16. The molecule has 2 aromatic heterocycles. The monoisotopic (exact) mass is 324 g/mol. The first-order chi connectivity index (χ1) is 10.4. The number of hydrogen-bond donors (Lipinski definition) is 0.